The van der Waals surface area contributed by atoms with E-state index in [4.69, 9.17) is 0 Å². The Labute approximate surface area is 115 Å². The fourth-order valence-electron chi connectivity index (χ4n) is 2.32. The fourth-order valence-corrected chi connectivity index (χ4v) is 2.32. The Morgan fingerprint density at radius 2 is 2.15 bits per heavy atom. The van der Waals surface area contributed by atoms with Gasteiger partial charge in [0.25, 0.3) is 0 Å². The van der Waals surface area contributed by atoms with Crippen LogP contribution in [0.5, 0.6) is 0 Å². The summed E-state index contributed by atoms with van der Waals surface area (Å²) in [6, 6.07) is 1.19. The standard InChI is InChI=1S/C13H13N5O2/c19-12(20)11-2-1-7-18(11)13-16-4-3-9(17-13)10-8-14-5-6-15-10/h3-6,8,11H,1-2,7H2,(H,19,20). The lowest BCUT2D eigenvalue weighted by Crippen LogP contribution is -2.37. The van der Waals surface area contributed by atoms with Crippen molar-refractivity contribution in [3.8, 4) is 11.4 Å². The van der Waals surface area contributed by atoms with E-state index in [2.05, 4.69) is 19.9 Å². The van der Waals surface area contributed by atoms with Crippen molar-refractivity contribution in [3.63, 3.8) is 0 Å². The molecule has 2 aromatic rings. The monoisotopic (exact) mass is 271 g/mol. The number of carbonyl (C=O) groups is 1. The maximum atomic E-state index is 11.2. The second-order valence-electron chi connectivity index (χ2n) is 4.52. The minimum atomic E-state index is -0.837. The van der Waals surface area contributed by atoms with Crippen molar-refractivity contribution in [2.45, 2.75) is 18.9 Å². The first-order valence-corrected chi connectivity index (χ1v) is 6.34. The molecule has 0 bridgehead atoms. The highest BCUT2D eigenvalue weighted by atomic mass is 16.4. The quantitative estimate of drug-likeness (QED) is 0.889. The number of hydrogen-bond donors (Lipinski definition) is 1. The molecule has 3 rings (SSSR count). The van der Waals surface area contributed by atoms with Crippen molar-refractivity contribution in [3.05, 3.63) is 30.9 Å². The zero-order valence-corrected chi connectivity index (χ0v) is 10.7. The SMILES string of the molecule is O=C(O)C1CCCN1c1nccc(-c2cnccn2)n1. The number of carboxylic acids is 1. The second kappa shape index (κ2) is 5.20. The molecule has 0 radical (unpaired) electrons. The van der Waals surface area contributed by atoms with E-state index in [0.29, 0.717) is 30.3 Å². The van der Waals surface area contributed by atoms with Crippen molar-refractivity contribution in [2.75, 3.05) is 11.4 Å². The highest BCUT2D eigenvalue weighted by Gasteiger charge is 2.32. The van der Waals surface area contributed by atoms with Gasteiger partial charge >= 0.3 is 5.97 Å². The van der Waals surface area contributed by atoms with Gasteiger partial charge in [0.05, 0.1) is 11.9 Å². The number of rotatable bonds is 3. The summed E-state index contributed by atoms with van der Waals surface area (Å²) in [6.45, 7) is 0.654. The molecule has 102 valence electrons. The molecule has 0 aromatic carbocycles. The third-order valence-corrected chi connectivity index (χ3v) is 3.26. The molecule has 1 saturated heterocycles. The first-order valence-electron chi connectivity index (χ1n) is 6.34. The highest BCUT2D eigenvalue weighted by molar-refractivity contribution is 5.78. The van der Waals surface area contributed by atoms with Crippen LogP contribution in [0.15, 0.2) is 30.9 Å². The summed E-state index contributed by atoms with van der Waals surface area (Å²) in [5.41, 5.74) is 1.28. The number of hydrogen-bond acceptors (Lipinski definition) is 6. The first-order chi connectivity index (χ1) is 9.75. The average Bonchev–Trinajstić information content (AvgIpc) is 2.98. The van der Waals surface area contributed by atoms with E-state index in [1.807, 2.05) is 0 Å². The molecule has 1 unspecified atom stereocenters. The summed E-state index contributed by atoms with van der Waals surface area (Å²) in [5.74, 6) is -0.408. The zero-order chi connectivity index (χ0) is 13.9. The van der Waals surface area contributed by atoms with E-state index >= 15 is 0 Å². The van der Waals surface area contributed by atoms with Crippen molar-refractivity contribution >= 4 is 11.9 Å². The van der Waals surface area contributed by atoms with Gasteiger partial charge in [-0.25, -0.2) is 14.8 Å². The van der Waals surface area contributed by atoms with Gasteiger partial charge in [-0.15, -0.1) is 0 Å². The van der Waals surface area contributed by atoms with Crippen molar-refractivity contribution in [1.29, 1.82) is 0 Å². The molecule has 1 fully saturated rings. The van der Waals surface area contributed by atoms with Gasteiger partial charge in [-0.2, -0.15) is 0 Å². The summed E-state index contributed by atoms with van der Waals surface area (Å²) in [7, 11) is 0. The van der Waals surface area contributed by atoms with Crippen LogP contribution in [0, 0.1) is 0 Å². The number of nitrogens with zero attached hydrogens (tertiary/aromatic N) is 5. The molecule has 7 heteroatoms. The van der Waals surface area contributed by atoms with Crippen LogP contribution >= 0.6 is 0 Å². The third-order valence-electron chi connectivity index (χ3n) is 3.26. The summed E-state index contributed by atoms with van der Waals surface area (Å²) >= 11 is 0. The van der Waals surface area contributed by atoms with Gasteiger partial charge in [-0.05, 0) is 18.9 Å². The molecular formula is C13H13N5O2. The Morgan fingerprint density at radius 1 is 1.25 bits per heavy atom. The van der Waals surface area contributed by atoms with E-state index in [1.54, 1.807) is 35.8 Å². The average molecular weight is 271 g/mol. The van der Waals surface area contributed by atoms with Crippen molar-refractivity contribution < 1.29 is 9.90 Å². The van der Waals surface area contributed by atoms with E-state index in [9.17, 15) is 9.90 Å². The molecule has 3 heterocycles. The van der Waals surface area contributed by atoms with Gasteiger partial charge in [0.15, 0.2) is 0 Å². The molecule has 0 saturated carbocycles. The molecule has 0 aliphatic carbocycles. The van der Waals surface area contributed by atoms with Gasteiger partial charge in [-0.1, -0.05) is 0 Å². The highest BCUT2D eigenvalue weighted by Crippen LogP contribution is 2.24. The first kappa shape index (κ1) is 12.5. The van der Waals surface area contributed by atoms with Crippen LogP contribution in [-0.4, -0.2) is 43.6 Å². The molecule has 0 amide bonds. The molecule has 1 aliphatic heterocycles. The van der Waals surface area contributed by atoms with Gasteiger partial charge < -0.3 is 10.0 Å². The maximum absolute atomic E-state index is 11.2. The topological polar surface area (TPSA) is 92.1 Å². The molecule has 0 spiro atoms. The van der Waals surface area contributed by atoms with Crippen LogP contribution in [0.3, 0.4) is 0 Å². The van der Waals surface area contributed by atoms with Crippen LogP contribution in [-0.2, 0) is 4.79 Å². The lowest BCUT2D eigenvalue weighted by Gasteiger charge is -2.21. The predicted molar refractivity (Wildman–Crippen MR) is 71.1 cm³/mol. The molecular weight excluding hydrogens is 258 g/mol. The van der Waals surface area contributed by atoms with Crippen molar-refractivity contribution in [1.82, 2.24) is 19.9 Å². The summed E-state index contributed by atoms with van der Waals surface area (Å²) in [4.78, 5) is 29.7. The van der Waals surface area contributed by atoms with E-state index in [0.717, 1.165) is 6.42 Å². The van der Waals surface area contributed by atoms with E-state index < -0.39 is 12.0 Å². The molecule has 1 aliphatic rings. The molecule has 7 nitrogen and oxygen atoms in total. The fraction of sp³-hybridized carbons (Fsp3) is 0.308. The Balaban J connectivity index is 1.94. The lowest BCUT2D eigenvalue weighted by molar-refractivity contribution is -0.138. The van der Waals surface area contributed by atoms with Gasteiger partial charge in [-0.3, -0.25) is 9.97 Å². The minimum Gasteiger partial charge on any atom is -0.480 e. The smallest absolute Gasteiger partial charge is 0.326 e. The lowest BCUT2D eigenvalue weighted by atomic mass is 10.2. The van der Waals surface area contributed by atoms with Crippen molar-refractivity contribution in [2.24, 2.45) is 0 Å². The van der Waals surface area contributed by atoms with E-state index in [-0.39, 0.29) is 0 Å². The third kappa shape index (κ3) is 2.29. The normalized spacial score (nSPS) is 18.2. The minimum absolute atomic E-state index is 0.429. The van der Waals surface area contributed by atoms with Gasteiger partial charge in [0.1, 0.15) is 11.7 Å². The van der Waals surface area contributed by atoms with Crippen LogP contribution in [0.4, 0.5) is 5.95 Å². The Kier molecular flexibility index (Phi) is 3.24. The van der Waals surface area contributed by atoms with Crippen LogP contribution < -0.4 is 4.90 Å². The number of aromatic nitrogens is 4. The predicted octanol–water partition coefficient (Wildman–Crippen LogP) is 0.987. The number of aliphatic carboxylic acids is 1. The summed E-state index contributed by atoms with van der Waals surface area (Å²) < 4.78 is 0. The zero-order valence-electron chi connectivity index (χ0n) is 10.7. The molecule has 20 heavy (non-hydrogen) atoms. The van der Waals surface area contributed by atoms with E-state index in [1.165, 1.54) is 0 Å². The number of carboxylic acid groups (broad SMARTS) is 1. The summed E-state index contributed by atoms with van der Waals surface area (Å²) in [6.07, 6.45) is 7.86. The van der Waals surface area contributed by atoms with Gasteiger partial charge in [0, 0.05) is 25.1 Å². The number of anilines is 1. The molecule has 1 N–H and O–H groups in total. The van der Waals surface area contributed by atoms with Crippen LogP contribution in [0.1, 0.15) is 12.8 Å². The Morgan fingerprint density at radius 3 is 2.90 bits per heavy atom. The largest absolute Gasteiger partial charge is 0.480 e. The van der Waals surface area contributed by atoms with Gasteiger partial charge in [0.2, 0.25) is 5.95 Å². The second-order valence-corrected chi connectivity index (χ2v) is 4.52. The Bertz CT molecular complexity index is 619. The summed E-state index contributed by atoms with van der Waals surface area (Å²) in [5, 5.41) is 9.21. The molecule has 1 atom stereocenters. The maximum Gasteiger partial charge on any atom is 0.326 e. The van der Waals surface area contributed by atoms with Crippen LogP contribution in [0.25, 0.3) is 11.4 Å². The molecule has 2 aromatic heterocycles. The van der Waals surface area contributed by atoms with Crippen LogP contribution in [0.2, 0.25) is 0 Å². The Hall–Kier alpha value is -2.57.